The first-order valence-corrected chi connectivity index (χ1v) is 4.28. The van der Waals surface area contributed by atoms with Crippen molar-refractivity contribution in [1.29, 1.82) is 0 Å². The molecule has 88 valence electrons. The van der Waals surface area contributed by atoms with Gasteiger partial charge < -0.3 is 10.4 Å². The van der Waals surface area contributed by atoms with Crippen LogP contribution >= 0.6 is 0 Å². The monoisotopic (exact) mass is 227 g/mol. The van der Waals surface area contributed by atoms with Crippen LogP contribution in [0.5, 0.6) is 0 Å². The van der Waals surface area contributed by atoms with Crippen molar-refractivity contribution in [2.75, 3.05) is 6.54 Å². The van der Waals surface area contributed by atoms with Crippen LogP contribution in [-0.2, 0) is 9.59 Å². The summed E-state index contributed by atoms with van der Waals surface area (Å²) in [6, 6.07) is 0.549. The number of carboxylic acids is 1. The molecule has 0 bridgehead atoms. The van der Waals surface area contributed by atoms with E-state index in [0.717, 1.165) is 12.8 Å². The highest BCUT2D eigenvalue weighted by Gasteiger charge is 2.38. The lowest BCUT2D eigenvalue weighted by Gasteiger charge is -2.17. The van der Waals surface area contributed by atoms with Gasteiger partial charge in [0.1, 0.15) is 5.78 Å². The minimum atomic E-state index is -5.08. The Balaban J connectivity index is 0.000000265. The number of halogens is 3. The molecule has 0 aromatic heterocycles. The molecule has 0 aromatic rings. The number of hydrogen-bond acceptors (Lipinski definition) is 3. The van der Waals surface area contributed by atoms with E-state index >= 15 is 0 Å². The lowest BCUT2D eigenvalue weighted by atomic mass is 10.1. The predicted molar refractivity (Wildman–Crippen MR) is 45.4 cm³/mol. The number of Topliss-reactive ketones (excluding diaryl/α,β-unsaturated/α-hetero) is 1. The summed E-state index contributed by atoms with van der Waals surface area (Å²) in [5.41, 5.74) is 0. The summed E-state index contributed by atoms with van der Waals surface area (Å²) in [5.74, 6) is -2.41. The molecule has 0 unspecified atom stereocenters. The number of aliphatic carboxylic acids is 1. The number of carbonyl (C=O) groups is 2. The Morgan fingerprint density at radius 2 is 2.00 bits per heavy atom. The highest BCUT2D eigenvalue weighted by atomic mass is 19.4. The van der Waals surface area contributed by atoms with Crippen LogP contribution in [0.3, 0.4) is 0 Å². The van der Waals surface area contributed by atoms with Gasteiger partial charge in [-0.1, -0.05) is 0 Å². The zero-order valence-electron chi connectivity index (χ0n) is 8.10. The van der Waals surface area contributed by atoms with Gasteiger partial charge in [-0.15, -0.1) is 0 Å². The summed E-state index contributed by atoms with van der Waals surface area (Å²) in [7, 11) is 0. The lowest BCUT2D eigenvalue weighted by molar-refractivity contribution is -0.192. The molecule has 0 radical (unpaired) electrons. The predicted octanol–water partition coefficient (Wildman–Crippen LogP) is 0.961. The van der Waals surface area contributed by atoms with Gasteiger partial charge in [0.25, 0.3) is 0 Å². The van der Waals surface area contributed by atoms with Crippen LogP contribution in [0, 0.1) is 0 Å². The van der Waals surface area contributed by atoms with Crippen molar-refractivity contribution in [2.24, 2.45) is 0 Å². The molecular formula is C8H12F3NO3. The van der Waals surface area contributed by atoms with Gasteiger partial charge in [-0.25, -0.2) is 4.79 Å². The van der Waals surface area contributed by atoms with Gasteiger partial charge >= 0.3 is 12.1 Å². The SMILES string of the molecule is C[C@@H]1CCC(=O)CN1.O=C(O)C(F)(F)F. The van der Waals surface area contributed by atoms with E-state index in [2.05, 4.69) is 12.2 Å². The van der Waals surface area contributed by atoms with Gasteiger partial charge in [0, 0.05) is 12.5 Å². The average molecular weight is 227 g/mol. The Morgan fingerprint density at radius 3 is 2.20 bits per heavy atom. The van der Waals surface area contributed by atoms with E-state index in [1.165, 1.54) is 0 Å². The molecular weight excluding hydrogens is 215 g/mol. The van der Waals surface area contributed by atoms with Gasteiger partial charge in [0.2, 0.25) is 0 Å². The lowest BCUT2D eigenvalue weighted by Crippen LogP contribution is -2.36. The van der Waals surface area contributed by atoms with Crippen LogP contribution in [0.1, 0.15) is 19.8 Å². The molecule has 0 amide bonds. The molecule has 1 aliphatic rings. The number of carboxylic acid groups (broad SMARTS) is 1. The van der Waals surface area contributed by atoms with Gasteiger partial charge in [0.15, 0.2) is 0 Å². The van der Waals surface area contributed by atoms with E-state index in [4.69, 9.17) is 9.90 Å². The molecule has 1 saturated heterocycles. The molecule has 7 heteroatoms. The zero-order valence-corrected chi connectivity index (χ0v) is 8.10. The van der Waals surface area contributed by atoms with Crippen molar-refractivity contribution in [3.63, 3.8) is 0 Å². The Hall–Kier alpha value is -1.11. The fraction of sp³-hybridized carbons (Fsp3) is 0.750. The third-order valence-corrected chi connectivity index (χ3v) is 1.75. The van der Waals surface area contributed by atoms with Gasteiger partial charge in [-0.3, -0.25) is 4.79 Å². The molecule has 4 nitrogen and oxygen atoms in total. The van der Waals surface area contributed by atoms with E-state index in [-0.39, 0.29) is 0 Å². The second kappa shape index (κ2) is 5.69. The van der Waals surface area contributed by atoms with Gasteiger partial charge in [0.05, 0.1) is 6.54 Å². The first kappa shape index (κ1) is 13.9. The van der Waals surface area contributed by atoms with Gasteiger partial charge in [-0.2, -0.15) is 13.2 Å². The quantitative estimate of drug-likeness (QED) is 0.646. The molecule has 0 saturated carbocycles. The summed E-state index contributed by atoms with van der Waals surface area (Å²) >= 11 is 0. The normalized spacial score (nSPS) is 21.6. The first-order chi connectivity index (χ1) is 6.73. The number of nitrogens with one attached hydrogen (secondary N) is 1. The maximum absolute atomic E-state index is 10.6. The maximum atomic E-state index is 10.6. The van der Waals surface area contributed by atoms with Crippen LogP contribution < -0.4 is 5.32 Å². The molecule has 0 spiro atoms. The topological polar surface area (TPSA) is 66.4 Å². The van der Waals surface area contributed by atoms with Crippen LogP contribution in [0.4, 0.5) is 13.2 Å². The fourth-order valence-electron chi connectivity index (χ4n) is 0.856. The van der Waals surface area contributed by atoms with Crippen LogP contribution in [0.15, 0.2) is 0 Å². The van der Waals surface area contributed by atoms with Crippen LogP contribution in [0.25, 0.3) is 0 Å². The first-order valence-electron chi connectivity index (χ1n) is 4.28. The number of carbonyl (C=O) groups excluding carboxylic acids is 1. The third-order valence-electron chi connectivity index (χ3n) is 1.75. The number of rotatable bonds is 0. The van der Waals surface area contributed by atoms with E-state index in [9.17, 15) is 18.0 Å². The number of ketones is 1. The van der Waals surface area contributed by atoms with Crippen molar-refractivity contribution in [3.05, 3.63) is 0 Å². The molecule has 0 aromatic carbocycles. The Labute approximate surface area is 84.5 Å². The smallest absolute Gasteiger partial charge is 0.475 e. The number of piperidine rings is 1. The standard InChI is InChI=1S/C6H11NO.C2HF3O2/c1-5-2-3-6(8)4-7-5;3-2(4,5)1(6)7/h5,7H,2-4H2,1H3;(H,6,7)/t5-;/m1./s1. The molecule has 1 rings (SSSR count). The fourth-order valence-corrected chi connectivity index (χ4v) is 0.856. The van der Waals surface area contributed by atoms with Crippen molar-refractivity contribution in [2.45, 2.75) is 32.0 Å². The largest absolute Gasteiger partial charge is 0.490 e. The van der Waals surface area contributed by atoms with Crippen molar-refractivity contribution < 1.29 is 27.9 Å². The molecule has 1 fully saturated rings. The highest BCUT2D eigenvalue weighted by Crippen LogP contribution is 2.13. The van der Waals surface area contributed by atoms with Crippen LogP contribution in [-0.4, -0.2) is 35.6 Å². The third kappa shape index (κ3) is 6.89. The van der Waals surface area contributed by atoms with E-state index in [1.54, 1.807) is 0 Å². The molecule has 1 atom stereocenters. The summed E-state index contributed by atoms with van der Waals surface area (Å²) in [5, 5.41) is 10.2. The minimum Gasteiger partial charge on any atom is -0.475 e. The van der Waals surface area contributed by atoms with E-state index in [1.807, 2.05) is 0 Å². The van der Waals surface area contributed by atoms with Crippen molar-refractivity contribution >= 4 is 11.8 Å². The Kier molecular flexibility index (Phi) is 5.27. The molecule has 1 aliphatic heterocycles. The zero-order chi connectivity index (χ0) is 12.1. The molecule has 2 N–H and O–H groups in total. The minimum absolute atomic E-state index is 0.350. The molecule has 0 aliphatic carbocycles. The number of hydrogen-bond donors (Lipinski definition) is 2. The van der Waals surface area contributed by atoms with E-state index < -0.39 is 12.1 Å². The summed E-state index contributed by atoms with van der Waals surface area (Å²) < 4.78 is 31.7. The second-order valence-electron chi connectivity index (χ2n) is 3.16. The second-order valence-corrected chi connectivity index (χ2v) is 3.16. The van der Waals surface area contributed by atoms with Gasteiger partial charge in [-0.05, 0) is 13.3 Å². The number of alkyl halides is 3. The van der Waals surface area contributed by atoms with Crippen molar-refractivity contribution in [3.8, 4) is 0 Å². The highest BCUT2D eigenvalue weighted by molar-refractivity contribution is 5.81. The summed E-state index contributed by atoms with van der Waals surface area (Å²) in [6.07, 6.45) is -3.30. The van der Waals surface area contributed by atoms with Crippen LogP contribution in [0.2, 0.25) is 0 Å². The van der Waals surface area contributed by atoms with Crippen molar-refractivity contribution in [1.82, 2.24) is 5.32 Å². The Morgan fingerprint density at radius 1 is 1.53 bits per heavy atom. The molecule has 15 heavy (non-hydrogen) atoms. The van der Waals surface area contributed by atoms with E-state index in [0.29, 0.717) is 18.4 Å². The maximum Gasteiger partial charge on any atom is 0.490 e. The summed E-state index contributed by atoms with van der Waals surface area (Å²) in [4.78, 5) is 19.4. The Bertz CT molecular complexity index is 230. The average Bonchev–Trinajstić information content (AvgIpc) is 2.09. The molecule has 1 heterocycles. The summed E-state index contributed by atoms with van der Waals surface area (Å²) in [6.45, 7) is 2.69.